The predicted octanol–water partition coefficient (Wildman–Crippen LogP) is 2.20. The Hall–Kier alpha value is -1.81. The molecule has 0 fully saturated rings. The van der Waals surface area contributed by atoms with E-state index in [1.165, 1.54) is 0 Å². The van der Waals surface area contributed by atoms with Crippen LogP contribution in [0.15, 0.2) is 30.5 Å². The molecule has 2 aromatic rings. The number of nitrogens with zero attached hydrogens (tertiary/aromatic N) is 3. The van der Waals surface area contributed by atoms with Crippen LogP contribution in [0.4, 0.5) is 11.4 Å². The van der Waals surface area contributed by atoms with Gasteiger partial charge >= 0.3 is 0 Å². The van der Waals surface area contributed by atoms with Gasteiger partial charge < -0.3 is 15.5 Å². The molecule has 1 aromatic carbocycles. The van der Waals surface area contributed by atoms with Crippen molar-refractivity contribution in [2.75, 3.05) is 44.9 Å². The second kappa shape index (κ2) is 5.89. The third kappa shape index (κ3) is 3.15. The summed E-state index contributed by atoms with van der Waals surface area (Å²) in [7, 11) is 6.30. The van der Waals surface area contributed by atoms with Crippen molar-refractivity contribution in [1.82, 2.24) is 9.88 Å². The summed E-state index contributed by atoms with van der Waals surface area (Å²) in [5.41, 5.74) is 8.91. The lowest BCUT2D eigenvalue weighted by Crippen LogP contribution is -2.23. The van der Waals surface area contributed by atoms with Crippen molar-refractivity contribution in [1.29, 1.82) is 0 Å². The molecular formula is C15H22N4. The molecule has 2 rings (SSSR count). The van der Waals surface area contributed by atoms with E-state index in [1.54, 1.807) is 0 Å². The molecule has 102 valence electrons. The Balaban J connectivity index is 2.22. The standard InChI is InChI=1S/C15H22N4/c1-18(2)10-5-11-19(3)14-8-7-13(16)12-6-4-9-17-15(12)14/h4,6-9H,5,10-11,16H2,1-3H3. The van der Waals surface area contributed by atoms with Crippen molar-refractivity contribution in [2.45, 2.75) is 6.42 Å². The van der Waals surface area contributed by atoms with Gasteiger partial charge in [0.25, 0.3) is 0 Å². The maximum atomic E-state index is 6.00. The van der Waals surface area contributed by atoms with Gasteiger partial charge in [-0.2, -0.15) is 0 Å². The van der Waals surface area contributed by atoms with Crippen LogP contribution in [-0.2, 0) is 0 Å². The number of fused-ring (bicyclic) bond motifs is 1. The minimum Gasteiger partial charge on any atom is -0.398 e. The Morgan fingerprint density at radius 1 is 1.11 bits per heavy atom. The van der Waals surface area contributed by atoms with Crippen LogP contribution in [0.5, 0.6) is 0 Å². The Bertz CT molecular complexity index is 551. The normalized spacial score (nSPS) is 11.2. The number of pyridine rings is 1. The van der Waals surface area contributed by atoms with Gasteiger partial charge in [-0.3, -0.25) is 4.98 Å². The van der Waals surface area contributed by atoms with E-state index in [2.05, 4.69) is 42.0 Å². The smallest absolute Gasteiger partial charge is 0.0955 e. The highest BCUT2D eigenvalue weighted by atomic mass is 15.1. The van der Waals surface area contributed by atoms with Gasteiger partial charge in [-0.15, -0.1) is 0 Å². The average Bonchev–Trinajstić information content (AvgIpc) is 2.39. The molecule has 2 N–H and O–H groups in total. The maximum absolute atomic E-state index is 6.00. The van der Waals surface area contributed by atoms with Gasteiger partial charge in [0.15, 0.2) is 0 Å². The molecule has 1 heterocycles. The molecule has 0 saturated carbocycles. The van der Waals surface area contributed by atoms with E-state index in [0.717, 1.165) is 41.8 Å². The van der Waals surface area contributed by atoms with E-state index in [1.807, 2.05) is 24.4 Å². The maximum Gasteiger partial charge on any atom is 0.0955 e. The largest absolute Gasteiger partial charge is 0.398 e. The number of rotatable bonds is 5. The number of nitrogen functional groups attached to an aromatic ring is 1. The molecule has 0 bridgehead atoms. The highest BCUT2D eigenvalue weighted by molar-refractivity contribution is 5.98. The third-order valence-electron chi connectivity index (χ3n) is 3.29. The summed E-state index contributed by atoms with van der Waals surface area (Å²) in [5.74, 6) is 0. The van der Waals surface area contributed by atoms with Gasteiger partial charge in [-0.25, -0.2) is 0 Å². The second-order valence-electron chi connectivity index (χ2n) is 5.15. The molecule has 1 aromatic heterocycles. The van der Waals surface area contributed by atoms with Crippen LogP contribution in [0.2, 0.25) is 0 Å². The van der Waals surface area contributed by atoms with E-state index in [-0.39, 0.29) is 0 Å². The van der Waals surface area contributed by atoms with Gasteiger partial charge in [0.1, 0.15) is 0 Å². The summed E-state index contributed by atoms with van der Waals surface area (Å²) >= 11 is 0. The fourth-order valence-corrected chi connectivity index (χ4v) is 2.23. The molecule has 19 heavy (non-hydrogen) atoms. The lowest BCUT2D eigenvalue weighted by molar-refractivity contribution is 0.402. The molecule has 4 nitrogen and oxygen atoms in total. The van der Waals surface area contributed by atoms with Crippen LogP contribution in [-0.4, -0.2) is 44.1 Å². The highest BCUT2D eigenvalue weighted by Gasteiger charge is 2.08. The number of hydrogen-bond acceptors (Lipinski definition) is 4. The van der Waals surface area contributed by atoms with Crippen molar-refractivity contribution in [3.63, 3.8) is 0 Å². The first-order chi connectivity index (χ1) is 9.09. The molecule has 0 unspecified atom stereocenters. The van der Waals surface area contributed by atoms with Gasteiger partial charge in [0.2, 0.25) is 0 Å². The Kier molecular flexibility index (Phi) is 4.22. The van der Waals surface area contributed by atoms with Crippen molar-refractivity contribution in [3.05, 3.63) is 30.5 Å². The lowest BCUT2D eigenvalue weighted by atomic mass is 10.1. The average molecular weight is 258 g/mol. The van der Waals surface area contributed by atoms with E-state index in [4.69, 9.17) is 5.73 Å². The first kappa shape index (κ1) is 13.6. The molecule has 0 saturated heterocycles. The number of benzene rings is 1. The van der Waals surface area contributed by atoms with Crippen molar-refractivity contribution in [2.24, 2.45) is 0 Å². The summed E-state index contributed by atoms with van der Waals surface area (Å²) in [5, 5.41) is 1.03. The first-order valence-corrected chi connectivity index (χ1v) is 6.58. The highest BCUT2D eigenvalue weighted by Crippen LogP contribution is 2.28. The van der Waals surface area contributed by atoms with Gasteiger partial charge in [-0.1, -0.05) is 0 Å². The first-order valence-electron chi connectivity index (χ1n) is 6.58. The van der Waals surface area contributed by atoms with Crippen molar-refractivity contribution >= 4 is 22.3 Å². The van der Waals surface area contributed by atoms with Crippen LogP contribution in [0.25, 0.3) is 10.9 Å². The minimum atomic E-state index is 0.786. The topological polar surface area (TPSA) is 45.4 Å². The Morgan fingerprint density at radius 2 is 1.89 bits per heavy atom. The molecule has 0 amide bonds. The van der Waals surface area contributed by atoms with Crippen LogP contribution in [0.1, 0.15) is 6.42 Å². The third-order valence-corrected chi connectivity index (χ3v) is 3.29. The van der Waals surface area contributed by atoms with E-state index < -0.39 is 0 Å². The lowest BCUT2D eigenvalue weighted by Gasteiger charge is -2.22. The summed E-state index contributed by atoms with van der Waals surface area (Å²) in [6, 6.07) is 7.96. The fraction of sp³-hybridized carbons (Fsp3) is 0.400. The minimum absolute atomic E-state index is 0.786. The quantitative estimate of drug-likeness (QED) is 0.835. The Labute approximate surface area is 114 Å². The molecule has 0 aliphatic carbocycles. The molecule has 4 heteroatoms. The van der Waals surface area contributed by atoms with Gasteiger partial charge in [-0.05, 0) is 51.3 Å². The monoisotopic (exact) mass is 258 g/mol. The molecular weight excluding hydrogens is 236 g/mol. The fourth-order valence-electron chi connectivity index (χ4n) is 2.23. The zero-order valence-electron chi connectivity index (χ0n) is 11.9. The molecule has 0 radical (unpaired) electrons. The summed E-state index contributed by atoms with van der Waals surface area (Å²) in [6.07, 6.45) is 2.95. The number of anilines is 2. The second-order valence-corrected chi connectivity index (χ2v) is 5.15. The molecule has 0 atom stereocenters. The Morgan fingerprint density at radius 3 is 2.63 bits per heavy atom. The number of aromatic nitrogens is 1. The molecule has 0 aliphatic heterocycles. The van der Waals surface area contributed by atoms with E-state index >= 15 is 0 Å². The molecule has 0 spiro atoms. The van der Waals surface area contributed by atoms with Gasteiger partial charge in [0, 0.05) is 30.9 Å². The number of hydrogen-bond donors (Lipinski definition) is 1. The zero-order chi connectivity index (χ0) is 13.8. The van der Waals surface area contributed by atoms with Crippen molar-refractivity contribution < 1.29 is 0 Å². The zero-order valence-corrected chi connectivity index (χ0v) is 11.9. The molecule has 0 aliphatic rings. The van der Waals surface area contributed by atoms with Crippen LogP contribution in [0.3, 0.4) is 0 Å². The van der Waals surface area contributed by atoms with Crippen LogP contribution >= 0.6 is 0 Å². The predicted molar refractivity (Wildman–Crippen MR) is 82.6 cm³/mol. The van der Waals surface area contributed by atoms with Crippen LogP contribution in [0, 0.1) is 0 Å². The van der Waals surface area contributed by atoms with E-state index in [9.17, 15) is 0 Å². The van der Waals surface area contributed by atoms with Gasteiger partial charge in [0.05, 0.1) is 11.2 Å². The van der Waals surface area contributed by atoms with Crippen molar-refractivity contribution in [3.8, 4) is 0 Å². The van der Waals surface area contributed by atoms with E-state index in [0.29, 0.717) is 0 Å². The number of nitrogens with two attached hydrogens (primary N) is 1. The summed E-state index contributed by atoms with van der Waals surface area (Å²) in [6.45, 7) is 2.10. The summed E-state index contributed by atoms with van der Waals surface area (Å²) < 4.78 is 0. The van der Waals surface area contributed by atoms with Crippen LogP contribution < -0.4 is 10.6 Å². The summed E-state index contributed by atoms with van der Waals surface area (Å²) in [4.78, 5) is 8.92. The SMILES string of the molecule is CN(C)CCCN(C)c1ccc(N)c2cccnc12.